The Morgan fingerprint density at radius 3 is 2.68 bits per heavy atom. The second-order valence-electron chi connectivity index (χ2n) is 7.08. The summed E-state index contributed by atoms with van der Waals surface area (Å²) < 4.78 is 1.75. The van der Waals surface area contributed by atoms with Crippen LogP contribution in [0.25, 0.3) is 5.69 Å². The highest BCUT2D eigenvalue weighted by Crippen LogP contribution is 2.22. The predicted octanol–water partition coefficient (Wildman–Crippen LogP) is 3.93. The Labute approximate surface area is 163 Å². The van der Waals surface area contributed by atoms with Gasteiger partial charge in [0.1, 0.15) is 0 Å². The number of nitrogens with one attached hydrogen (secondary N) is 1. The van der Waals surface area contributed by atoms with Gasteiger partial charge in [0.25, 0.3) is 5.91 Å². The Hall–Kier alpha value is -3.41. The monoisotopic (exact) mass is 374 g/mol. The Bertz CT molecular complexity index is 1050. The molecule has 0 fully saturated rings. The Morgan fingerprint density at radius 1 is 1.11 bits per heavy atom. The van der Waals surface area contributed by atoms with E-state index in [2.05, 4.69) is 33.8 Å². The number of oxime groups is 1. The van der Waals surface area contributed by atoms with Gasteiger partial charge in [-0.2, -0.15) is 0 Å². The molecule has 6 nitrogen and oxygen atoms in total. The SMILES string of the molecule is Cc1ccc(C)c(C2=NOC(C(=O)Nc3nn(-c4ccccc4)cc3C)C2)c1. The molecule has 4 rings (SSSR count). The van der Waals surface area contributed by atoms with Crippen LogP contribution in [-0.4, -0.2) is 27.5 Å². The fraction of sp³-hybridized carbons (Fsp3) is 0.227. The summed E-state index contributed by atoms with van der Waals surface area (Å²) in [7, 11) is 0. The first-order chi connectivity index (χ1) is 13.5. The van der Waals surface area contributed by atoms with Gasteiger partial charge in [-0.3, -0.25) is 4.79 Å². The van der Waals surface area contributed by atoms with E-state index in [1.807, 2.05) is 57.3 Å². The number of amides is 1. The third-order valence-corrected chi connectivity index (χ3v) is 4.82. The van der Waals surface area contributed by atoms with Gasteiger partial charge < -0.3 is 10.2 Å². The van der Waals surface area contributed by atoms with Crippen molar-refractivity contribution in [2.24, 2.45) is 5.16 Å². The van der Waals surface area contributed by atoms with Crippen molar-refractivity contribution in [1.82, 2.24) is 9.78 Å². The molecule has 6 heteroatoms. The highest BCUT2D eigenvalue weighted by molar-refractivity contribution is 6.06. The molecule has 1 aliphatic rings. The topological polar surface area (TPSA) is 68.5 Å². The first-order valence-corrected chi connectivity index (χ1v) is 9.24. The van der Waals surface area contributed by atoms with Gasteiger partial charge in [-0.05, 0) is 44.5 Å². The maximum Gasteiger partial charge on any atom is 0.269 e. The van der Waals surface area contributed by atoms with Crippen LogP contribution in [0, 0.1) is 20.8 Å². The second kappa shape index (κ2) is 7.31. The minimum Gasteiger partial charge on any atom is -0.382 e. The van der Waals surface area contributed by atoms with E-state index in [1.165, 1.54) is 0 Å². The second-order valence-corrected chi connectivity index (χ2v) is 7.08. The molecule has 2 aromatic carbocycles. The zero-order valence-corrected chi connectivity index (χ0v) is 16.1. The number of carbonyl (C=O) groups excluding carboxylic acids is 1. The van der Waals surface area contributed by atoms with Crippen LogP contribution in [-0.2, 0) is 9.63 Å². The molecule has 0 aliphatic carbocycles. The quantitative estimate of drug-likeness (QED) is 0.752. The van der Waals surface area contributed by atoms with Crippen LogP contribution in [0.2, 0.25) is 0 Å². The lowest BCUT2D eigenvalue weighted by Gasteiger charge is -2.09. The van der Waals surface area contributed by atoms with Gasteiger partial charge in [0, 0.05) is 23.7 Å². The maximum absolute atomic E-state index is 12.7. The molecule has 0 saturated carbocycles. The Morgan fingerprint density at radius 2 is 1.89 bits per heavy atom. The van der Waals surface area contributed by atoms with Crippen molar-refractivity contribution in [2.45, 2.75) is 33.3 Å². The number of carbonyl (C=O) groups is 1. The van der Waals surface area contributed by atoms with Gasteiger partial charge in [0.05, 0.1) is 11.4 Å². The molecule has 142 valence electrons. The van der Waals surface area contributed by atoms with Crippen LogP contribution < -0.4 is 5.32 Å². The summed E-state index contributed by atoms with van der Waals surface area (Å²) in [6, 6.07) is 16.0. The van der Waals surface area contributed by atoms with Crippen LogP contribution in [0.5, 0.6) is 0 Å². The fourth-order valence-electron chi connectivity index (χ4n) is 3.22. The number of nitrogens with zero attached hydrogens (tertiary/aromatic N) is 3. The molecule has 0 radical (unpaired) electrons. The molecule has 0 spiro atoms. The van der Waals surface area contributed by atoms with Crippen molar-refractivity contribution in [3.8, 4) is 5.69 Å². The Kier molecular flexibility index (Phi) is 4.69. The fourth-order valence-corrected chi connectivity index (χ4v) is 3.22. The van der Waals surface area contributed by atoms with E-state index in [4.69, 9.17) is 4.84 Å². The van der Waals surface area contributed by atoms with Gasteiger partial charge in [-0.15, -0.1) is 5.10 Å². The van der Waals surface area contributed by atoms with Crippen LogP contribution in [0.1, 0.15) is 28.7 Å². The number of hydrogen-bond donors (Lipinski definition) is 1. The first kappa shape index (κ1) is 18.0. The first-order valence-electron chi connectivity index (χ1n) is 9.24. The standard InChI is InChI=1S/C22H22N4O2/c1-14-9-10-15(2)18(11-14)19-12-20(28-25-19)22(27)23-21-16(3)13-26(24-21)17-7-5-4-6-8-17/h4-11,13,20H,12H2,1-3H3,(H,23,24,27). The van der Waals surface area contributed by atoms with Crippen LogP contribution in [0.4, 0.5) is 5.82 Å². The van der Waals surface area contributed by atoms with E-state index in [1.54, 1.807) is 4.68 Å². The molecule has 2 heterocycles. The molecule has 0 bridgehead atoms. The predicted molar refractivity (Wildman–Crippen MR) is 109 cm³/mol. The van der Waals surface area contributed by atoms with Crippen molar-refractivity contribution in [3.05, 3.63) is 77.0 Å². The number of benzene rings is 2. The van der Waals surface area contributed by atoms with Gasteiger partial charge in [-0.1, -0.05) is 41.1 Å². The van der Waals surface area contributed by atoms with Crippen molar-refractivity contribution in [3.63, 3.8) is 0 Å². The average Bonchev–Trinajstić information content (AvgIpc) is 3.32. The molecule has 28 heavy (non-hydrogen) atoms. The maximum atomic E-state index is 12.7. The van der Waals surface area contributed by atoms with Crippen molar-refractivity contribution < 1.29 is 9.63 Å². The molecule has 1 N–H and O–H groups in total. The number of rotatable bonds is 4. The highest BCUT2D eigenvalue weighted by atomic mass is 16.6. The molecular formula is C22H22N4O2. The van der Waals surface area contributed by atoms with E-state index in [-0.39, 0.29) is 5.91 Å². The molecule has 1 aliphatic heterocycles. The summed E-state index contributed by atoms with van der Waals surface area (Å²) in [5, 5.41) is 11.5. The number of hydrogen-bond acceptors (Lipinski definition) is 4. The van der Waals surface area contributed by atoms with Crippen molar-refractivity contribution >= 4 is 17.4 Å². The molecule has 3 aromatic rings. The van der Waals surface area contributed by atoms with E-state index in [0.29, 0.717) is 12.2 Å². The molecule has 1 aromatic heterocycles. The lowest BCUT2D eigenvalue weighted by atomic mass is 9.98. The van der Waals surface area contributed by atoms with Gasteiger partial charge >= 0.3 is 0 Å². The highest BCUT2D eigenvalue weighted by Gasteiger charge is 2.30. The minimum absolute atomic E-state index is 0.245. The summed E-state index contributed by atoms with van der Waals surface area (Å²) in [5.41, 5.74) is 5.91. The van der Waals surface area contributed by atoms with Gasteiger partial charge in [-0.25, -0.2) is 4.68 Å². The van der Waals surface area contributed by atoms with Crippen LogP contribution in [0.3, 0.4) is 0 Å². The Balaban J connectivity index is 1.46. The summed E-state index contributed by atoms with van der Waals surface area (Å²) in [6.45, 7) is 5.98. The van der Waals surface area contributed by atoms with Gasteiger partial charge in [0.15, 0.2) is 5.82 Å². The summed E-state index contributed by atoms with van der Waals surface area (Å²) in [4.78, 5) is 18.1. The average molecular weight is 374 g/mol. The number of para-hydroxylation sites is 1. The molecular weight excluding hydrogens is 352 g/mol. The lowest BCUT2D eigenvalue weighted by molar-refractivity contribution is -0.125. The normalized spacial score (nSPS) is 15.8. The number of aryl methyl sites for hydroxylation is 3. The third kappa shape index (κ3) is 3.53. The molecule has 1 unspecified atom stereocenters. The molecule has 1 amide bonds. The summed E-state index contributed by atoms with van der Waals surface area (Å²) in [6.07, 6.45) is 1.67. The molecule has 0 saturated heterocycles. The zero-order valence-electron chi connectivity index (χ0n) is 16.1. The van der Waals surface area contributed by atoms with Gasteiger partial charge in [0.2, 0.25) is 6.10 Å². The van der Waals surface area contributed by atoms with Crippen LogP contribution in [0.15, 0.2) is 59.9 Å². The largest absolute Gasteiger partial charge is 0.382 e. The van der Waals surface area contributed by atoms with E-state index >= 15 is 0 Å². The van der Waals surface area contributed by atoms with Crippen molar-refractivity contribution in [1.29, 1.82) is 0 Å². The van der Waals surface area contributed by atoms with E-state index in [9.17, 15) is 4.79 Å². The zero-order chi connectivity index (χ0) is 19.7. The number of anilines is 1. The summed E-state index contributed by atoms with van der Waals surface area (Å²) >= 11 is 0. The minimum atomic E-state index is -0.656. The molecule has 1 atom stereocenters. The smallest absolute Gasteiger partial charge is 0.269 e. The third-order valence-electron chi connectivity index (χ3n) is 4.82. The number of aromatic nitrogens is 2. The van der Waals surface area contributed by atoms with E-state index < -0.39 is 6.10 Å². The van der Waals surface area contributed by atoms with E-state index in [0.717, 1.165) is 33.7 Å². The van der Waals surface area contributed by atoms with Crippen molar-refractivity contribution in [2.75, 3.05) is 5.32 Å². The van der Waals surface area contributed by atoms with Crippen LogP contribution >= 0.6 is 0 Å². The lowest BCUT2D eigenvalue weighted by Crippen LogP contribution is -2.28. The summed E-state index contributed by atoms with van der Waals surface area (Å²) in [5.74, 6) is 0.281.